The first-order valence-corrected chi connectivity index (χ1v) is 9.54. The number of anilines is 1. The number of rotatable bonds is 6. The Morgan fingerprint density at radius 3 is 2.38 bits per heavy atom. The number of para-hydroxylation sites is 1. The van der Waals surface area contributed by atoms with Gasteiger partial charge in [0.2, 0.25) is 0 Å². The molecule has 3 aromatic carbocycles. The summed E-state index contributed by atoms with van der Waals surface area (Å²) in [6, 6.07) is 19.7. The number of phenolic OH excluding ortho intramolecular Hbond substituents is 1. The van der Waals surface area contributed by atoms with Crippen molar-refractivity contribution in [3.63, 3.8) is 0 Å². The maximum Gasteiger partial charge on any atom is 0.311 e. The zero-order valence-electron chi connectivity index (χ0n) is 16.6. The average molecular weight is 431 g/mol. The largest absolute Gasteiger partial charge is 0.502 e. The molecule has 1 aromatic heterocycles. The van der Waals surface area contributed by atoms with Crippen molar-refractivity contribution >= 4 is 28.1 Å². The topological polar surface area (TPSA) is 124 Å². The lowest BCUT2D eigenvalue weighted by Crippen LogP contribution is -2.33. The van der Waals surface area contributed by atoms with E-state index in [1.807, 2.05) is 18.2 Å². The number of hydrogen-bond acceptors (Lipinski definition) is 6. The molecule has 9 nitrogen and oxygen atoms in total. The van der Waals surface area contributed by atoms with Crippen LogP contribution in [-0.4, -0.2) is 20.7 Å². The normalized spacial score (nSPS) is 10.6. The second-order valence-electron chi connectivity index (χ2n) is 6.90. The number of aromatic hydroxyl groups is 1. The van der Waals surface area contributed by atoms with Crippen molar-refractivity contribution in [3.05, 3.63) is 111 Å². The molecule has 0 saturated heterocycles. The van der Waals surface area contributed by atoms with Crippen molar-refractivity contribution in [2.45, 2.75) is 6.61 Å². The van der Waals surface area contributed by atoms with Gasteiger partial charge in [-0.2, -0.15) is 4.73 Å². The molecule has 2 N–H and O–H groups in total. The number of aromatic nitrogens is 1. The van der Waals surface area contributed by atoms with Gasteiger partial charge in [0.1, 0.15) is 12.2 Å². The minimum absolute atomic E-state index is 0.0339. The molecule has 4 aromatic rings. The van der Waals surface area contributed by atoms with E-state index in [4.69, 9.17) is 4.84 Å². The summed E-state index contributed by atoms with van der Waals surface area (Å²) < 4.78 is 0.871. The number of nitrogens with one attached hydrogen (secondary N) is 1. The first-order valence-electron chi connectivity index (χ1n) is 9.54. The quantitative estimate of drug-likeness (QED) is 0.356. The SMILES string of the molecule is O=C(Nc1ccccc1)c1c(=O)n(OCc2ccccc2)cc2cc([N+](=O)[O-])c(O)cc12. The van der Waals surface area contributed by atoms with Gasteiger partial charge in [-0.05, 0) is 23.8 Å². The predicted molar refractivity (Wildman–Crippen MR) is 118 cm³/mol. The molecular formula is C23H17N3O6. The number of benzene rings is 3. The number of carbonyl (C=O) groups excluding carboxylic acids is 1. The Bertz CT molecular complexity index is 1370. The Kier molecular flexibility index (Phi) is 5.54. The van der Waals surface area contributed by atoms with Gasteiger partial charge < -0.3 is 15.3 Å². The molecule has 0 fully saturated rings. The molecule has 0 bridgehead atoms. The van der Waals surface area contributed by atoms with Gasteiger partial charge in [-0.25, -0.2) is 0 Å². The van der Waals surface area contributed by atoms with E-state index >= 15 is 0 Å². The monoisotopic (exact) mass is 431 g/mol. The summed E-state index contributed by atoms with van der Waals surface area (Å²) in [5, 5.41) is 24.2. The summed E-state index contributed by atoms with van der Waals surface area (Å²) in [5.41, 5.74) is -0.400. The Balaban J connectivity index is 1.83. The predicted octanol–water partition coefficient (Wildman–Crippen LogP) is 3.50. The van der Waals surface area contributed by atoms with E-state index < -0.39 is 27.8 Å². The second kappa shape index (κ2) is 8.60. The van der Waals surface area contributed by atoms with Crippen molar-refractivity contribution in [1.29, 1.82) is 0 Å². The third-order valence-electron chi connectivity index (χ3n) is 4.75. The van der Waals surface area contributed by atoms with E-state index in [9.17, 15) is 24.8 Å². The van der Waals surface area contributed by atoms with Gasteiger partial charge in [-0.3, -0.25) is 19.7 Å². The van der Waals surface area contributed by atoms with Crippen molar-refractivity contribution in [2.24, 2.45) is 0 Å². The molecule has 1 amide bonds. The van der Waals surface area contributed by atoms with Gasteiger partial charge in [0.15, 0.2) is 5.75 Å². The molecule has 0 spiro atoms. The first-order chi connectivity index (χ1) is 15.4. The third kappa shape index (κ3) is 4.12. The van der Waals surface area contributed by atoms with Crippen molar-refractivity contribution in [1.82, 2.24) is 4.73 Å². The highest BCUT2D eigenvalue weighted by molar-refractivity contribution is 6.13. The van der Waals surface area contributed by atoms with Crippen LogP contribution in [0.1, 0.15) is 15.9 Å². The number of carbonyl (C=O) groups is 1. The van der Waals surface area contributed by atoms with Crippen LogP contribution in [0.15, 0.2) is 83.8 Å². The lowest BCUT2D eigenvalue weighted by molar-refractivity contribution is -0.385. The highest BCUT2D eigenvalue weighted by atomic mass is 16.7. The standard InChI is InChI=1S/C23H17N3O6/c27-20-12-18-16(11-19(20)26(30)31)13-25(32-14-15-7-3-1-4-8-15)23(29)21(18)22(28)24-17-9-5-2-6-10-17/h1-13,27H,14H2,(H,24,28). The number of fused-ring (bicyclic) bond motifs is 1. The molecule has 0 aliphatic heterocycles. The van der Waals surface area contributed by atoms with E-state index in [0.717, 1.165) is 22.4 Å². The smallest absolute Gasteiger partial charge is 0.311 e. The van der Waals surface area contributed by atoms with Crippen LogP contribution in [0, 0.1) is 10.1 Å². The second-order valence-corrected chi connectivity index (χ2v) is 6.90. The molecule has 0 saturated carbocycles. The van der Waals surface area contributed by atoms with Crippen LogP contribution in [0.4, 0.5) is 11.4 Å². The lowest BCUT2D eigenvalue weighted by atomic mass is 10.1. The van der Waals surface area contributed by atoms with Gasteiger partial charge in [0, 0.05) is 22.5 Å². The van der Waals surface area contributed by atoms with Crippen LogP contribution in [0.3, 0.4) is 0 Å². The zero-order valence-corrected chi connectivity index (χ0v) is 16.6. The van der Waals surface area contributed by atoms with Crippen LogP contribution in [0.25, 0.3) is 10.8 Å². The maximum absolute atomic E-state index is 13.1. The number of nitro benzene ring substituents is 1. The van der Waals surface area contributed by atoms with E-state index in [0.29, 0.717) is 5.69 Å². The number of pyridine rings is 1. The summed E-state index contributed by atoms with van der Waals surface area (Å²) in [6.45, 7) is 0.0339. The minimum atomic E-state index is -0.768. The zero-order chi connectivity index (χ0) is 22.7. The molecule has 4 rings (SSSR count). The van der Waals surface area contributed by atoms with Crippen LogP contribution in [0.2, 0.25) is 0 Å². The Hall–Kier alpha value is -4.66. The number of hydrogen-bond donors (Lipinski definition) is 2. The fourth-order valence-corrected chi connectivity index (χ4v) is 3.22. The van der Waals surface area contributed by atoms with Crippen LogP contribution in [-0.2, 0) is 6.61 Å². The van der Waals surface area contributed by atoms with E-state index in [1.54, 1.807) is 42.5 Å². The van der Waals surface area contributed by atoms with Crippen LogP contribution < -0.4 is 15.7 Å². The first kappa shape index (κ1) is 20.6. The molecule has 0 radical (unpaired) electrons. The molecule has 0 aliphatic carbocycles. The molecule has 0 unspecified atom stereocenters. The molecular weight excluding hydrogens is 414 g/mol. The van der Waals surface area contributed by atoms with Gasteiger partial charge >= 0.3 is 5.69 Å². The molecule has 32 heavy (non-hydrogen) atoms. The summed E-state index contributed by atoms with van der Waals surface area (Å²) in [6.07, 6.45) is 1.26. The fourth-order valence-electron chi connectivity index (χ4n) is 3.22. The van der Waals surface area contributed by atoms with Gasteiger partial charge in [0.25, 0.3) is 11.5 Å². The summed E-state index contributed by atoms with van der Waals surface area (Å²) in [5.74, 6) is -1.39. The van der Waals surface area contributed by atoms with E-state index in [-0.39, 0.29) is 22.9 Å². The van der Waals surface area contributed by atoms with E-state index in [1.165, 1.54) is 6.20 Å². The van der Waals surface area contributed by atoms with Crippen LogP contribution >= 0.6 is 0 Å². The van der Waals surface area contributed by atoms with Crippen molar-refractivity contribution in [2.75, 3.05) is 5.32 Å². The highest BCUT2D eigenvalue weighted by Gasteiger charge is 2.23. The Morgan fingerprint density at radius 1 is 1.06 bits per heavy atom. The molecule has 160 valence electrons. The Morgan fingerprint density at radius 2 is 1.72 bits per heavy atom. The molecule has 1 heterocycles. The Labute approximate surface area is 181 Å². The molecule has 9 heteroatoms. The summed E-state index contributed by atoms with van der Waals surface area (Å²) in [7, 11) is 0. The number of phenols is 1. The fraction of sp³-hybridized carbons (Fsp3) is 0.0435. The lowest BCUT2D eigenvalue weighted by Gasteiger charge is -2.13. The summed E-state index contributed by atoms with van der Waals surface area (Å²) >= 11 is 0. The number of amides is 1. The number of nitro groups is 1. The maximum atomic E-state index is 13.1. The third-order valence-corrected chi connectivity index (χ3v) is 4.75. The minimum Gasteiger partial charge on any atom is -0.502 e. The number of nitrogens with zero attached hydrogens (tertiary/aromatic N) is 2. The van der Waals surface area contributed by atoms with Crippen molar-refractivity contribution in [3.8, 4) is 5.75 Å². The highest BCUT2D eigenvalue weighted by Crippen LogP contribution is 2.32. The van der Waals surface area contributed by atoms with Crippen molar-refractivity contribution < 1.29 is 19.7 Å². The van der Waals surface area contributed by atoms with E-state index in [2.05, 4.69) is 5.32 Å². The molecule has 0 aliphatic rings. The summed E-state index contributed by atoms with van der Waals surface area (Å²) in [4.78, 5) is 42.2. The van der Waals surface area contributed by atoms with Gasteiger partial charge in [-0.15, -0.1) is 0 Å². The molecule has 0 atom stereocenters. The van der Waals surface area contributed by atoms with Crippen LogP contribution in [0.5, 0.6) is 5.75 Å². The van der Waals surface area contributed by atoms with Gasteiger partial charge in [-0.1, -0.05) is 48.5 Å². The average Bonchev–Trinajstić information content (AvgIpc) is 2.78. The van der Waals surface area contributed by atoms with Gasteiger partial charge in [0.05, 0.1) is 11.1 Å².